The number of rotatable bonds is 5. The number of fused-ring (bicyclic) bond motifs is 1. The number of hydrogen-bond acceptors (Lipinski definition) is 4. The van der Waals surface area contributed by atoms with Gasteiger partial charge in [-0.15, -0.1) is 0 Å². The quantitative estimate of drug-likeness (QED) is 0.451. The van der Waals surface area contributed by atoms with Crippen molar-refractivity contribution in [3.63, 3.8) is 0 Å². The SMILES string of the molecule is CCn1c(C2CCCN2C(=O)Nc2ccc(-c3n[nH]c(C4CC4)n3)cc2)nc2ccccc21. The highest BCUT2D eigenvalue weighted by atomic mass is 16.2. The Kier molecular flexibility index (Phi) is 4.86. The maximum Gasteiger partial charge on any atom is 0.322 e. The topological polar surface area (TPSA) is 91.7 Å². The zero-order valence-corrected chi connectivity index (χ0v) is 18.7. The van der Waals surface area contributed by atoms with Crippen LogP contribution in [0.3, 0.4) is 0 Å². The van der Waals surface area contributed by atoms with E-state index in [-0.39, 0.29) is 12.1 Å². The molecule has 8 nitrogen and oxygen atoms in total. The second-order valence-electron chi connectivity index (χ2n) is 8.88. The maximum absolute atomic E-state index is 13.2. The molecule has 1 atom stereocenters. The molecule has 1 saturated carbocycles. The van der Waals surface area contributed by atoms with E-state index in [1.54, 1.807) is 0 Å². The lowest BCUT2D eigenvalue weighted by Crippen LogP contribution is -2.35. The van der Waals surface area contributed by atoms with E-state index >= 15 is 0 Å². The fourth-order valence-electron chi connectivity index (χ4n) is 4.80. The highest BCUT2D eigenvalue weighted by Gasteiger charge is 2.33. The molecule has 2 aromatic carbocycles. The number of H-pyrrole nitrogens is 1. The molecule has 2 N–H and O–H groups in total. The molecule has 1 saturated heterocycles. The van der Waals surface area contributed by atoms with Crippen molar-refractivity contribution in [3.8, 4) is 11.4 Å². The van der Waals surface area contributed by atoms with Crippen molar-refractivity contribution in [2.45, 2.75) is 51.1 Å². The van der Waals surface area contributed by atoms with Gasteiger partial charge in [-0.3, -0.25) is 5.10 Å². The van der Waals surface area contributed by atoms with Gasteiger partial charge in [-0.2, -0.15) is 5.10 Å². The third-order valence-electron chi connectivity index (χ3n) is 6.67. The van der Waals surface area contributed by atoms with Crippen molar-refractivity contribution >= 4 is 22.8 Å². The van der Waals surface area contributed by atoms with Crippen LogP contribution in [0.1, 0.15) is 56.2 Å². The third kappa shape index (κ3) is 3.65. The van der Waals surface area contributed by atoms with Crippen LogP contribution in [-0.4, -0.2) is 42.2 Å². The number of aryl methyl sites for hydroxylation is 1. The smallest absolute Gasteiger partial charge is 0.322 e. The molecular weight excluding hydrogens is 414 g/mol. The number of carbonyl (C=O) groups is 1. The van der Waals surface area contributed by atoms with Gasteiger partial charge in [0.2, 0.25) is 0 Å². The fraction of sp³-hybridized carbons (Fsp3) is 0.360. The van der Waals surface area contributed by atoms with E-state index in [4.69, 9.17) is 4.98 Å². The van der Waals surface area contributed by atoms with Gasteiger partial charge in [0.25, 0.3) is 0 Å². The fourth-order valence-corrected chi connectivity index (χ4v) is 4.80. The largest absolute Gasteiger partial charge is 0.327 e. The maximum atomic E-state index is 13.2. The molecule has 6 rings (SSSR count). The number of nitrogens with one attached hydrogen (secondary N) is 2. The molecule has 8 heteroatoms. The van der Waals surface area contributed by atoms with Crippen LogP contribution in [0.15, 0.2) is 48.5 Å². The van der Waals surface area contributed by atoms with Gasteiger partial charge >= 0.3 is 6.03 Å². The van der Waals surface area contributed by atoms with Crippen LogP contribution in [0.2, 0.25) is 0 Å². The lowest BCUT2D eigenvalue weighted by molar-refractivity contribution is 0.204. The monoisotopic (exact) mass is 441 g/mol. The molecule has 2 amide bonds. The van der Waals surface area contributed by atoms with E-state index in [1.807, 2.05) is 47.4 Å². The van der Waals surface area contributed by atoms with Gasteiger partial charge in [-0.1, -0.05) is 12.1 Å². The highest BCUT2D eigenvalue weighted by Crippen LogP contribution is 2.38. The van der Waals surface area contributed by atoms with Crippen LogP contribution < -0.4 is 5.32 Å². The Labute approximate surface area is 192 Å². The Morgan fingerprint density at radius 2 is 1.91 bits per heavy atom. The summed E-state index contributed by atoms with van der Waals surface area (Å²) in [5.74, 6) is 3.19. The number of imidazole rings is 1. The number of amides is 2. The molecule has 0 bridgehead atoms. The van der Waals surface area contributed by atoms with Gasteiger partial charge in [0.05, 0.1) is 17.1 Å². The van der Waals surface area contributed by atoms with Crippen molar-refractivity contribution in [3.05, 3.63) is 60.2 Å². The first kappa shape index (κ1) is 20.0. The first-order chi connectivity index (χ1) is 16.2. The Morgan fingerprint density at radius 1 is 1.09 bits per heavy atom. The summed E-state index contributed by atoms with van der Waals surface area (Å²) < 4.78 is 2.23. The molecule has 1 unspecified atom stereocenters. The summed E-state index contributed by atoms with van der Waals surface area (Å²) in [6.45, 7) is 3.68. The van der Waals surface area contributed by atoms with Crippen molar-refractivity contribution < 1.29 is 4.79 Å². The molecule has 2 aromatic heterocycles. The summed E-state index contributed by atoms with van der Waals surface area (Å²) in [7, 11) is 0. The molecule has 0 radical (unpaired) electrons. The number of nitrogens with zero attached hydrogens (tertiary/aromatic N) is 5. The molecule has 168 valence electrons. The summed E-state index contributed by atoms with van der Waals surface area (Å²) in [4.78, 5) is 24.6. The average Bonchev–Trinajstić information content (AvgIpc) is 3.25. The summed E-state index contributed by atoms with van der Waals surface area (Å²) in [6.07, 6.45) is 4.26. The van der Waals surface area contributed by atoms with Crippen molar-refractivity contribution in [2.75, 3.05) is 11.9 Å². The molecule has 1 aliphatic heterocycles. The van der Waals surface area contributed by atoms with E-state index in [2.05, 4.69) is 38.1 Å². The Hall–Kier alpha value is -3.68. The zero-order valence-electron chi connectivity index (χ0n) is 18.7. The van der Waals surface area contributed by atoms with Gasteiger partial charge in [0.1, 0.15) is 11.6 Å². The lowest BCUT2D eigenvalue weighted by atomic mass is 10.2. The third-order valence-corrected chi connectivity index (χ3v) is 6.67. The Morgan fingerprint density at radius 3 is 2.70 bits per heavy atom. The van der Waals surface area contributed by atoms with E-state index in [0.717, 1.165) is 59.9 Å². The highest BCUT2D eigenvalue weighted by molar-refractivity contribution is 5.90. The van der Waals surface area contributed by atoms with Gasteiger partial charge in [0, 0.05) is 30.3 Å². The number of aromatic nitrogens is 5. The van der Waals surface area contributed by atoms with E-state index in [9.17, 15) is 4.79 Å². The average molecular weight is 442 g/mol. The van der Waals surface area contributed by atoms with E-state index < -0.39 is 0 Å². The molecular formula is C25H27N7O. The minimum absolute atomic E-state index is 0.0225. The summed E-state index contributed by atoms with van der Waals surface area (Å²) in [6, 6.07) is 15.8. The zero-order chi connectivity index (χ0) is 22.4. The van der Waals surface area contributed by atoms with Crippen LogP contribution in [-0.2, 0) is 6.54 Å². The number of para-hydroxylation sites is 2. The molecule has 3 heterocycles. The number of hydrogen-bond donors (Lipinski definition) is 2. The molecule has 2 aliphatic rings. The lowest BCUT2D eigenvalue weighted by Gasteiger charge is -2.25. The number of anilines is 1. The number of aromatic amines is 1. The standard InChI is InChI=1S/C25H27N7O/c1-2-31-20-7-4-3-6-19(20)27-24(31)21-8-5-15-32(21)25(33)26-18-13-11-17(12-14-18)23-28-22(29-30-23)16-9-10-16/h3-4,6-7,11-14,16,21H,2,5,8-10,15H2,1H3,(H,26,33)(H,28,29,30). The number of likely N-dealkylation sites (tertiary alicyclic amines) is 1. The van der Waals surface area contributed by atoms with Crippen molar-refractivity contribution in [1.29, 1.82) is 0 Å². The Balaban J connectivity index is 1.19. The summed E-state index contributed by atoms with van der Waals surface area (Å²) in [5, 5.41) is 10.5. The minimum Gasteiger partial charge on any atom is -0.327 e. The second kappa shape index (κ2) is 8.03. The second-order valence-corrected chi connectivity index (χ2v) is 8.88. The molecule has 4 aromatic rings. The number of carbonyl (C=O) groups excluding carboxylic acids is 1. The van der Waals surface area contributed by atoms with Crippen LogP contribution in [0.4, 0.5) is 10.5 Å². The van der Waals surface area contributed by atoms with Crippen molar-refractivity contribution in [2.24, 2.45) is 0 Å². The van der Waals surface area contributed by atoms with Crippen molar-refractivity contribution in [1.82, 2.24) is 29.6 Å². The van der Waals surface area contributed by atoms with Crippen LogP contribution in [0, 0.1) is 0 Å². The van der Waals surface area contributed by atoms with E-state index in [1.165, 1.54) is 12.8 Å². The van der Waals surface area contributed by atoms with Crippen LogP contribution in [0.25, 0.3) is 22.4 Å². The molecule has 1 aliphatic carbocycles. The van der Waals surface area contributed by atoms with Crippen LogP contribution in [0.5, 0.6) is 0 Å². The van der Waals surface area contributed by atoms with Gasteiger partial charge < -0.3 is 14.8 Å². The van der Waals surface area contributed by atoms with Gasteiger partial charge in [-0.25, -0.2) is 14.8 Å². The van der Waals surface area contributed by atoms with E-state index in [0.29, 0.717) is 11.7 Å². The van der Waals surface area contributed by atoms with Gasteiger partial charge in [0.15, 0.2) is 5.82 Å². The normalized spacial score (nSPS) is 18.2. The van der Waals surface area contributed by atoms with Gasteiger partial charge in [-0.05, 0) is 69.0 Å². The minimum atomic E-state index is -0.0890. The molecule has 33 heavy (non-hydrogen) atoms. The Bertz CT molecular complexity index is 1300. The number of urea groups is 1. The first-order valence-corrected chi connectivity index (χ1v) is 11.8. The molecule has 0 spiro atoms. The number of benzene rings is 2. The first-order valence-electron chi connectivity index (χ1n) is 11.8. The van der Waals surface area contributed by atoms with Crippen LogP contribution >= 0.6 is 0 Å². The predicted molar refractivity (Wildman–Crippen MR) is 127 cm³/mol. The summed E-state index contributed by atoms with van der Waals surface area (Å²) in [5.41, 5.74) is 3.80. The molecule has 2 fully saturated rings. The summed E-state index contributed by atoms with van der Waals surface area (Å²) >= 11 is 0. The predicted octanol–water partition coefficient (Wildman–Crippen LogP) is 5.09.